The number of rotatable bonds is 47. The maximum atomic E-state index is 13.5. The van der Waals surface area contributed by atoms with E-state index in [2.05, 4.69) is 24.5 Å². The van der Waals surface area contributed by atoms with E-state index in [0.717, 1.165) is 51.9 Å². The average Bonchev–Trinajstić information content (AvgIpc) is 0.780. The molecule has 0 aromatic carbocycles. The minimum atomic E-state index is -2.20. The van der Waals surface area contributed by atoms with Crippen LogP contribution in [-0.4, -0.2) is 287 Å². The van der Waals surface area contributed by atoms with Crippen molar-refractivity contribution < 1.29 is 134 Å². The molecule has 5 saturated heterocycles. The zero-order chi connectivity index (χ0) is 71.0. The Hall–Kier alpha value is -2.32. The fourth-order valence-electron chi connectivity index (χ4n) is 13.1. The first-order chi connectivity index (χ1) is 46.7. The number of amides is 2. The van der Waals surface area contributed by atoms with Gasteiger partial charge in [0.2, 0.25) is 11.8 Å². The minimum absolute atomic E-state index is 0.195. The van der Waals surface area contributed by atoms with Crippen LogP contribution < -0.4 is 10.6 Å². The quantitative estimate of drug-likeness (QED) is 0.0294. The molecule has 17 N–H and O–H groups in total. The SMILES string of the molecule is CCCCCCCCCCCCC/C=C/[C@@H](O)[C@H](CO[C@@H]1OC(CO)[C@@H](O[C@@H]2OC(CO)[C@H](O)[C@H](O[C@H]3OC(CO)[C@H](O)[C@H](O[C@@H]4OC(CO)[C@@H](O)[C@H](O[C@H]5OC(C)[C@@H](O)C(O)[C@@H]5O)C4NC(C)=O)C3O)C2O)[C@H](O)C1O)NC(=O)CCCCCCCCCCCCCCCCC. The molecule has 568 valence electrons. The summed E-state index contributed by atoms with van der Waals surface area (Å²) in [6, 6.07) is -2.70. The normalized spacial score (nSPS) is 36.4. The monoisotopic (exact) mass is 1400 g/mol. The highest BCUT2D eigenvalue weighted by atomic mass is 16.8. The van der Waals surface area contributed by atoms with Crippen LogP contribution in [-0.2, 0) is 57.0 Å². The largest absolute Gasteiger partial charge is 0.394 e. The van der Waals surface area contributed by atoms with Crippen LogP contribution in [0.15, 0.2) is 12.2 Å². The van der Waals surface area contributed by atoms with E-state index in [-0.39, 0.29) is 12.3 Å². The predicted molar refractivity (Wildman–Crippen MR) is 348 cm³/mol. The van der Waals surface area contributed by atoms with Gasteiger partial charge in [-0.25, -0.2) is 0 Å². The van der Waals surface area contributed by atoms with Crippen molar-refractivity contribution in [3.05, 3.63) is 12.2 Å². The Bertz CT molecular complexity index is 2130. The summed E-state index contributed by atoms with van der Waals surface area (Å²) < 4.78 is 58.7. The van der Waals surface area contributed by atoms with Crippen molar-refractivity contribution in [1.82, 2.24) is 10.6 Å². The first-order valence-electron chi connectivity index (χ1n) is 36.3. The Morgan fingerprint density at radius 1 is 0.423 bits per heavy atom. The van der Waals surface area contributed by atoms with Gasteiger partial charge in [0.05, 0.1) is 51.3 Å². The number of unbranched alkanes of at least 4 members (excludes halogenated alkanes) is 25. The van der Waals surface area contributed by atoms with E-state index in [0.29, 0.717) is 12.8 Å². The molecule has 0 aliphatic carbocycles. The molecule has 0 radical (unpaired) electrons. The first kappa shape index (κ1) is 85.3. The van der Waals surface area contributed by atoms with E-state index in [4.69, 9.17) is 47.4 Å². The molecular formula is C68H124N2O27. The molecule has 5 rings (SSSR count). The van der Waals surface area contributed by atoms with E-state index in [9.17, 15) is 86.2 Å². The van der Waals surface area contributed by atoms with E-state index in [1.165, 1.54) is 122 Å². The third kappa shape index (κ3) is 27.0. The second-order valence-corrected chi connectivity index (χ2v) is 27.1. The standard InChI is InChI=1S/C68H124N2O27/c1-5-7-9-11-13-15-17-19-20-22-24-26-28-30-32-34-48(77)70-42(43(76)33-31-29-27-25-23-21-18-16-14-12-10-8-6-2)39-88-65-57(85)55(83)60(47(38-74)93-65)94-67-59(87)63(53(81)46(37-73)91-67)97-68-58(86)62(52(80)45(36-72)92-68)96-64-49(69-41(4)75)61(51(79)44(35-71)90-64)95-66-56(84)54(82)50(78)40(3)89-66/h31,33,40,42-47,49-68,71-74,76,78-87H,5-30,32,34-39H2,1-4H3,(H,69,75)(H,70,77)/b33-31+/t40?,42-,43+,44?,45?,46?,47?,49?,50+,51+,52-,53-,54?,55+,56-,57?,58?,59?,60+,61+,62-,63-,64-,65+,66+,67-,68+/m0/s1. The second kappa shape index (κ2) is 46.4. The van der Waals surface area contributed by atoms with Gasteiger partial charge in [0.25, 0.3) is 0 Å². The second-order valence-electron chi connectivity index (χ2n) is 27.1. The zero-order valence-electron chi connectivity index (χ0n) is 57.7. The number of aliphatic hydroxyl groups is 15. The van der Waals surface area contributed by atoms with Gasteiger partial charge in [-0.3, -0.25) is 9.59 Å². The summed E-state index contributed by atoms with van der Waals surface area (Å²) in [5.74, 6) is -1.11. The van der Waals surface area contributed by atoms with Crippen LogP contribution >= 0.6 is 0 Å². The van der Waals surface area contributed by atoms with Crippen LogP contribution in [0, 0.1) is 0 Å². The maximum absolute atomic E-state index is 13.5. The van der Waals surface area contributed by atoms with Crippen LogP contribution in [0.1, 0.15) is 207 Å². The van der Waals surface area contributed by atoms with Gasteiger partial charge in [-0.05, 0) is 26.2 Å². The lowest BCUT2D eigenvalue weighted by Gasteiger charge is -2.50. The lowest BCUT2D eigenvalue weighted by molar-refractivity contribution is -0.389. The molecule has 0 aromatic heterocycles. The molecule has 5 fully saturated rings. The Morgan fingerprint density at radius 3 is 1.27 bits per heavy atom. The van der Waals surface area contributed by atoms with Crippen LogP contribution in [0.25, 0.3) is 0 Å². The lowest BCUT2D eigenvalue weighted by atomic mass is 9.94. The number of nitrogens with one attached hydrogen (secondary N) is 2. The number of hydrogen-bond acceptors (Lipinski definition) is 27. The molecule has 5 aliphatic rings. The molecule has 29 heteroatoms. The van der Waals surface area contributed by atoms with Crippen LogP contribution in [0.2, 0.25) is 0 Å². The summed E-state index contributed by atoms with van der Waals surface area (Å²) in [5, 5.41) is 171. The minimum Gasteiger partial charge on any atom is -0.394 e. The molecule has 0 bridgehead atoms. The lowest BCUT2D eigenvalue weighted by Crippen LogP contribution is -2.70. The Balaban J connectivity index is 1.22. The summed E-state index contributed by atoms with van der Waals surface area (Å²) >= 11 is 0. The fourth-order valence-corrected chi connectivity index (χ4v) is 13.1. The van der Waals surface area contributed by atoms with Crippen molar-refractivity contribution >= 4 is 11.8 Å². The van der Waals surface area contributed by atoms with E-state index >= 15 is 0 Å². The Kier molecular flexibility index (Phi) is 40.8. The molecule has 0 aromatic rings. The summed E-state index contributed by atoms with van der Waals surface area (Å²) in [6.07, 6.45) is -10.3. The molecule has 0 spiro atoms. The predicted octanol–water partition coefficient (Wildman–Crippen LogP) is 0.636. The van der Waals surface area contributed by atoms with Gasteiger partial charge < -0.3 is 135 Å². The summed E-state index contributed by atoms with van der Waals surface area (Å²) in [7, 11) is 0. The van der Waals surface area contributed by atoms with Gasteiger partial charge in [0, 0.05) is 13.3 Å². The molecule has 0 saturated carbocycles. The Morgan fingerprint density at radius 2 is 0.804 bits per heavy atom. The van der Waals surface area contributed by atoms with Gasteiger partial charge in [0.1, 0.15) is 116 Å². The van der Waals surface area contributed by atoms with E-state index in [1.54, 1.807) is 6.08 Å². The molecular weight excluding hydrogens is 1280 g/mol. The third-order valence-corrected chi connectivity index (χ3v) is 19.2. The van der Waals surface area contributed by atoms with Crippen molar-refractivity contribution in [1.29, 1.82) is 0 Å². The molecule has 27 atom stereocenters. The zero-order valence-corrected chi connectivity index (χ0v) is 57.7. The highest BCUT2D eigenvalue weighted by Crippen LogP contribution is 2.37. The van der Waals surface area contributed by atoms with Crippen molar-refractivity contribution in [2.24, 2.45) is 0 Å². The van der Waals surface area contributed by atoms with Gasteiger partial charge in [-0.1, -0.05) is 180 Å². The van der Waals surface area contributed by atoms with Crippen LogP contribution in [0.3, 0.4) is 0 Å². The molecule has 5 aliphatic heterocycles. The number of aliphatic hydroxyl groups excluding tert-OH is 15. The average molecular weight is 1400 g/mol. The van der Waals surface area contributed by atoms with Gasteiger partial charge >= 0.3 is 0 Å². The highest BCUT2D eigenvalue weighted by molar-refractivity contribution is 5.76. The fraction of sp³-hybridized carbons (Fsp3) is 0.941. The van der Waals surface area contributed by atoms with Crippen LogP contribution in [0.4, 0.5) is 0 Å². The van der Waals surface area contributed by atoms with Gasteiger partial charge in [0.15, 0.2) is 31.5 Å². The number of carbonyl (C=O) groups is 2. The molecule has 5 heterocycles. The molecule has 29 nitrogen and oxygen atoms in total. The molecule has 10 unspecified atom stereocenters. The van der Waals surface area contributed by atoms with Crippen molar-refractivity contribution in [3.63, 3.8) is 0 Å². The van der Waals surface area contributed by atoms with Crippen molar-refractivity contribution in [3.8, 4) is 0 Å². The topological polar surface area (TPSA) is 454 Å². The first-order valence-corrected chi connectivity index (χ1v) is 36.3. The maximum Gasteiger partial charge on any atom is 0.220 e. The number of allylic oxidation sites excluding steroid dienone is 1. The van der Waals surface area contributed by atoms with Crippen molar-refractivity contribution in [2.45, 2.75) is 373 Å². The number of ether oxygens (including phenoxy) is 10. The number of carbonyl (C=O) groups excluding carboxylic acids is 2. The van der Waals surface area contributed by atoms with E-state index in [1.807, 2.05) is 6.08 Å². The van der Waals surface area contributed by atoms with E-state index < -0.39 is 205 Å². The highest BCUT2D eigenvalue weighted by Gasteiger charge is 2.57. The molecule has 2 amide bonds. The summed E-state index contributed by atoms with van der Waals surface area (Å²) in [5.41, 5.74) is 0. The van der Waals surface area contributed by atoms with Gasteiger partial charge in [-0.15, -0.1) is 0 Å². The number of hydrogen-bond donors (Lipinski definition) is 17. The van der Waals surface area contributed by atoms with Crippen LogP contribution in [0.5, 0.6) is 0 Å². The summed E-state index contributed by atoms with van der Waals surface area (Å²) in [4.78, 5) is 26.2. The van der Waals surface area contributed by atoms with Gasteiger partial charge in [-0.2, -0.15) is 0 Å². The molecule has 97 heavy (non-hydrogen) atoms. The van der Waals surface area contributed by atoms with Crippen molar-refractivity contribution in [2.75, 3.05) is 33.0 Å². The summed E-state index contributed by atoms with van der Waals surface area (Å²) in [6.45, 7) is 2.64. The Labute approximate surface area is 572 Å². The third-order valence-electron chi connectivity index (χ3n) is 19.2. The smallest absolute Gasteiger partial charge is 0.220 e.